The maximum Gasteiger partial charge on any atom is 0.165 e. The molecule has 0 atom stereocenters. The largest absolute Gasteiger partial charge is 0.505 e. The first-order chi connectivity index (χ1) is 9.27. The number of hydrogen-bond donors (Lipinski definition) is 1. The maximum absolute atomic E-state index is 13.0. The summed E-state index contributed by atoms with van der Waals surface area (Å²) in [5.74, 6) is -0.0790. The Morgan fingerprint density at radius 2 is 1.65 bits per heavy atom. The predicted molar refractivity (Wildman–Crippen MR) is 81.0 cm³/mol. The number of halogens is 2. The molecule has 0 aliphatic heterocycles. The van der Waals surface area contributed by atoms with Crippen LogP contribution in [0.25, 0.3) is 0 Å². The van der Waals surface area contributed by atoms with Gasteiger partial charge in [0.25, 0.3) is 0 Å². The smallest absolute Gasteiger partial charge is 0.165 e. The first kappa shape index (κ1) is 14.9. The Hall–Kier alpha value is -1.55. The summed E-state index contributed by atoms with van der Waals surface area (Å²) in [7, 11) is 0. The fourth-order valence-electron chi connectivity index (χ4n) is 1.86. The summed E-state index contributed by atoms with van der Waals surface area (Å²) in [5.41, 5.74) is 1.21. The van der Waals surface area contributed by atoms with Gasteiger partial charge in [-0.05, 0) is 35.2 Å². The first-order valence-corrected chi connectivity index (χ1v) is 7.03. The predicted octanol–water partition coefficient (Wildman–Crippen LogP) is 5.38. The minimum Gasteiger partial charge on any atom is -0.505 e. The van der Waals surface area contributed by atoms with Crippen LogP contribution >= 0.6 is 15.9 Å². The minimum absolute atomic E-state index is 0.0332. The lowest BCUT2D eigenvalue weighted by atomic mass is 9.87. The highest BCUT2D eigenvalue weighted by Crippen LogP contribution is 2.34. The molecule has 0 fully saturated rings. The van der Waals surface area contributed by atoms with Gasteiger partial charge < -0.3 is 9.84 Å². The molecule has 0 aliphatic rings. The van der Waals surface area contributed by atoms with Gasteiger partial charge in [0.15, 0.2) is 11.6 Å². The lowest BCUT2D eigenvalue weighted by Crippen LogP contribution is -2.11. The second-order valence-electron chi connectivity index (χ2n) is 5.61. The fourth-order valence-corrected chi connectivity index (χ4v) is 2.81. The van der Waals surface area contributed by atoms with Crippen molar-refractivity contribution >= 4 is 15.9 Å². The van der Waals surface area contributed by atoms with Crippen molar-refractivity contribution in [2.75, 3.05) is 0 Å². The van der Waals surface area contributed by atoms with E-state index in [-0.39, 0.29) is 5.41 Å². The number of rotatable bonds is 2. The molecule has 0 amide bonds. The van der Waals surface area contributed by atoms with Crippen molar-refractivity contribution in [2.24, 2.45) is 0 Å². The van der Waals surface area contributed by atoms with E-state index in [0.717, 1.165) is 4.47 Å². The highest BCUT2D eigenvalue weighted by atomic mass is 79.9. The van der Waals surface area contributed by atoms with Crippen LogP contribution in [0.2, 0.25) is 0 Å². The van der Waals surface area contributed by atoms with Crippen LogP contribution in [-0.2, 0) is 5.41 Å². The van der Waals surface area contributed by atoms with Crippen molar-refractivity contribution in [1.29, 1.82) is 0 Å². The maximum atomic E-state index is 13.0. The van der Waals surface area contributed by atoms with Gasteiger partial charge in [-0.15, -0.1) is 0 Å². The van der Waals surface area contributed by atoms with E-state index in [4.69, 9.17) is 4.74 Å². The van der Waals surface area contributed by atoms with Crippen LogP contribution in [0.4, 0.5) is 4.39 Å². The lowest BCUT2D eigenvalue weighted by Gasteiger charge is -2.21. The lowest BCUT2D eigenvalue weighted by molar-refractivity contribution is 0.421. The molecular formula is C16H16BrFO2. The van der Waals surface area contributed by atoms with Gasteiger partial charge in [-0.3, -0.25) is 0 Å². The summed E-state index contributed by atoms with van der Waals surface area (Å²) in [5, 5.41) is 9.32. The highest BCUT2D eigenvalue weighted by Gasteiger charge is 2.17. The quantitative estimate of drug-likeness (QED) is 0.796. The van der Waals surface area contributed by atoms with Crippen LogP contribution in [-0.4, -0.2) is 5.11 Å². The molecule has 1 N–H and O–H groups in total. The Morgan fingerprint density at radius 1 is 1.05 bits per heavy atom. The van der Waals surface area contributed by atoms with Crippen molar-refractivity contribution in [3.05, 3.63) is 52.3 Å². The molecule has 0 aliphatic carbocycles. The summed E-state index contributed by atoms with van der Waals surface area (Å²) in [4.78, 5) is 0. The molecule has 20 heavy (non-hydrogen) atoms. The van der Waals surface area contributed by atoms with Gasteiger partial charge in [-0.25, -0.2) is 4.39 Å². The topological polar surface area (TPSA) is 29.5 Å². The first-order valence-electron chi connectivity index (χ1n) is 6.24. The molecule has 2 aromatic carbocycles. The molecule has 0 saturated carbocycles. The molecule has 106 valence electrons. The van der Waals surface area contributed by atoms with Gasteiger partial charge in [0.05, 0.1) is 0 Å². The van der Waals surface area contributed by atoms with Crippen LogP contribution in [0.5, 0.6) is 17.2 Å². The number of phenols is 1. The highest BCUT2D eigenvalue weighted by molar-refractivity contribution is 9.10. The molecule has 0 radical (unpaired) electrons. The fraction of sp³-hybridized carbons (Fsp3) is 0.250. The van der Waals surface area contributed by atoms with E-state index in [1.54, 1.807) is 0 Å². The van der Waals surface area contributed by atoms with Gasteiger partial charge in [0.2, 0.25) is 0 Å². The van der Waals surface area contributed by atoms with Crippen molar-refractivity contribution in [2.45, 2.75) is 26.2 Å². The molecule has 0 unspecified atom stereocenters. The summed E-state index contributed by atoms with van der Waals surface area (Å²) in [6.45, 7) is 6.39. The number of benzene rings is 2. The molecule has 0 spiro atoms. The van der Waals surface area contributed by atoms with Crippen molar-refractivity contribution < 1.29 is 14.2 Å². The molecule has 0 heterocycles. The third-order valence-corrected chi connectivity index (χ3v) is 3.56. The van der Waals surface area contributed by atoms with E-state index in [2.05, 4.69) is 36.7 Å². The SMILES string of the molecule is CC(C)(C)c1ccc(Oc2ccc(F)c(O)c2)cc1Br. The molecular weight excluding hydrogens is 323 g/mol. The van der Waals surface area contributed by atoms with Crippen molar-refractivity contribution in [1.82, 2.24) is 0 Å². The normalized spacial score (nSPS) is 11.4. The Labute approximate surface area is 126 Å². The average Bonchev–Trinajstić information content (AvgIpc) is 2.32. The number of ether oxygens (including phenoxy) is 1. The zero-order valence-corrected chi connectivity index (χ0v) is 13.2. The average molecular weight is 339 g/mol. The van der Waals surface area contributed by atoms with Gasteiger partial charge in [0.1, 0.15) is 11.5 Å². The van der Waals surface area contributed by atoms with E-state index in [9.17, 15) is 9.50 Å². The Balaban J connectivity index is 2.26. The Morgan fingerprint density at radius 3 is 2.20 bits per heavy atom. The Bertz CT molecular complexity index is 633. The van der Waals surface area contributed by atoms with Crippen LogP contribution in [0, 0.1) is 5.82 Å². The van der Waals surface area contributed by atoms with Gasteiger partial charge in [0, 0.05) is 10.5 Å². The third kappa shape index (κ3) is 3.31. The van der Waals surface area contributed by atoms with Crippen molar-refractivity contribution in [3.63, 3.8) is 0 Å². The molecule has 2 nitrogen and oxygen atoms in total. The molecule has 2 rings (SSSR count). The zero-order chi connectivity index (χ0) is 14.9. The van der Waals surface area contributed by atoms with E-state index in [1.165, 1.54) is 23.8 Å². The summed E-state index contributed by atoms with van der Waals surface area (Å²) in [6, 6.07) is 9.60. The number of aromatic hydroxyl groups is 1. The summed E-state index contributed by atoms with van der Waals surface area (Å²) >= 11 is 3.53. The third-order valence-electron chi connectivity index (χ3n) is 2.90. The van der Waals surface area contributed by atoms with Gasteiger partial charge >= 0.3 is 0 Å². The molecule has 0 bridgehead atoms. The van der Waals surface area contributed by atoms with E-state index in [0.29, 0.717) is 11.5 Å². The van der Waals surface area contributed by atoms with Crippen LogP contribution in [0.3, 0.4) is 0 Å². The van der Waals surface area contributed by atoms with Crippen LogP contribution in [0.15, 0.2) is 40.9 Å². The molecule has 0 aromatic heterocycles. The van der Waals surface area contributed by atoms with E-state index >= 15 is 0 Å². The van der Waals surface area contributed by atoms with Crippen LogP contribution in [0.1, 0.15) is 26.3 Å². The monoisotopic (exact) mass is 338 g/mol. The van der Waals surface area contributed by atoms with Gasteiger partial charge in [-0.2, -0.15) is 0 Å². The minimum atomic E-state index is -0.665. The molecule has 4 heteroatoms. The van der Waals surface area contributed by atoms with Crippen LogP contribution < -0.4 is 4.74 Å². The van der Waals surface area contributed by atoms with E-state index < -0.39 is 11.6 Å². The summed E-state index contributed by atoms with van der Waals surface area (Å²) < 4.78 is 19.5. The van der Waals surface area contributed by atoms with Crippen molar-refractivity contribution in [3.8, 4) is 17.2 Å². The summed E-state index contributed by atoms with van der Waals surface area (Å²) in [6.07, 6.45) is 0. The second-order valence-corrected chi connectivity index (χ2v) is 6.46. The zero-order valence-electron chi connectivity index (χ0n) is 11.6. The number of phenolic OH excluding ortho intramolecular Hbond substituents is 1. The van der Waals surface area contributed by atoms with E-state index in [1.807, 2.05) is 18.2 Å². The second kappa shape index (κ2) is 5.44. The van der Waals surface area contributed by atoms with Gasteiger partial charge in [-0.1, -0.05) is 42.8 Å². The molecule has 2 aromatic rings. The number of hydrogen-bond acceptors (Lipinski definition) is 2. The molecule has 0 saturated heterocycles. The standard InChI is InChI=1S/C16H16BrFO2/c1-16(2,3)12-6-4-10(8-13(12)17)20-11-5-7-14(18)15(19)9-11/h4-9,19H,1-3H3. The Kier molecular flexibility index (Phi) is 4.04.